The normalized spacial score (nSPS) is 14.5. The highest BCUT2D eigenvalue weighted by Crippen LogP contribution is 2.26. The maximum atomic E-state index is 13.2. The van der Waals surface area contributed by atoms with Crippen LogP contribution < -0.4 is 4.74 Å². The van der Waals surface area contributed by atoms with Crippen LogP contribution in [0, 0.1) is 0 Å². The molecule has 31 heavy (non-hydrogen) atoms. The molecule has 1 amide bonds. The Morgan fingerprint density at radius 2 is 1.61 bits per heavy atom. The summed E-state index contributed by atoms with van der Waals surface area (Å²) in [6.45, 7) is 1.65. The number of carboxylic acid groups (broad SMARTS) is 1. The number of carboxylic acids is 1. The number of carbonyl (C=O) groups excluding carboxylic acids is 1. The van der Waals surface area contributed by atoms with Gasteiger partial charge in [0.15, 0.2) is 0 Å². The lowest BCUT2D eigenvalue weighted by Gasteiger charge is -2.27. The van der Waals surface area contributed by atoms with E-state index in [0.717, 1.165) is 54.4 Å². The molecular formula is C26H25NO4. The molecule has 0 aromatic heterocycles. The van der Waals surface area contributed by atoms with E-state index in [9.17, 15) is 9.59 Å². The lowest BCUT2D eigenvalue weighted by Crippen LogP contribution is -2.37. The SMILES string of the molecule is O=C(O)c1ccc(/C=C(\COc2cccc3ccccc23)C(=O)N2CCCCC2)cc1. The van der Waals surface area contributed by atoms with E-state index in [1.807, 2.05) is 47.4 Å². The Balaban J connectivity index is 1.61. The van der Waals surface area contributed by atoms with Gasteiger partial charge in [-0.25, -0.2) is 4.79 Å². The van der Waals surface area contributed by atoms with Crippen molar-refractivity contribution in [3.05, 3.63) is 83.4 Å². The molecule has 1 aliphatic rings. The minimum absolute atomic E-state index is 0.0257. The predicted octanol–water partition coefficient (Wildman–Crippen LogP) is 5.01. The fraction of sp³-hybridized carbons (Fsp3) is 0.231. The van der Waals surface area contributed by atoms with E-state index in [4.69, 9.17) is 9.84 Å². The number of ether oxygens (including phenoxy) is 1. The minimum Gasteiger partial charge on any atom is -0.488 e. The number of piperidine rings is 1. The number of nitrogens with zero attached hydrogens (tertiary/aromatic N) is 1. The second kappa shape index (κ2) is 9.47. The zero-order valence-corrected chi connectivity index (χ0v) is 17.3. The van der Waals surface area contributed by atoms with Gasteiger partial charge in [0.2, 0.25) is 0 Å². The highest BCUT2D eigenvalue weighted by Gasteiger charge is 2.21. The van der Waals surface area contributed by atoms with Crippen molar-refractivity contribution < 1.29 is 19.4 Å². The highest BCUT2D eigenvalue weighted by molar-refractivity contribution is 5.98. The number of aromatic carboxylic acids is 1. The molecule has 158 valence electrons. The van der Waals surface area contributed by atoms with E-state index < -0.39 is 5.97 Å². The predicted molar refractivity (Wildman–Crippen MR) is 121 cm³/mol. The minimum atomic E-state index is -0.973. The average molecular weight is 415 g/mol. The summed E-state index contributed by atoms with van der Waals surface area (Å²) in [6.07, 6.45) is 4.96. The van der Waals surface area contributed by atoms with Gasteiger partial charge in [-0.2, -0.15) is 0 Å². The molecule has 0 atom stereocenters. The third-order valence-electron chi connectivity index (χ3n) is 5.55. The highest BCUT2D eigenvalue weighted by atomic mass is 16.5. The lowest BCUT2D eigenvalue weighted by atomic mass is 10.1. The van der Waals surface area contributed by atoms with E-state index in [2.05, 4.69) is 0 Å². The molecule has 1 heterocycles. The first kappa shape index (κ1) is 20.7. The van der Waals surface area contributed by atoms with Gasteiger partial charge >= 0.3 is 5.97 Å². The summed E-state index contributed by atoms with van der Waals surface area (Å²) in [4.78, 5) is 26.2. The Morgan fingerprint density at radius 1 is 0.903 bits per heavy atom. The number of rotatable bonds is 6. The summed E-state index contributed by atoms with van der Waals surface area (Å²) in [5, 5.41) is 11.2. The Morgan fingerprint density at radius 3 is 2.35 bits per heavy atom. The van der Waals surface area contributed by atoms with Gasteiger partial charge in [0.05, 0.1) is 11.1 Å². The molecule has 0 unspecified atom stereocenters. The standard InChI is InChI=1S/C26H25NO4/c28-25(27-15-4-1-5-16-27)22(17-19-11-13-21(14-12-19)26(29)30)18-31-24-10-6-8-20-7-2-3-9-23(20)24/h2-3,6-14,17H,1,4-5,15-16,18H2,(H,29,30)/b22-17+. The first-order valence-electron chi connectivity index (χ1n) is 10.6. The number of hydrogen-bond acceptors (Lipinski definition) is 3. The van der Waals surface area contributed by atoms with Crippen LogP contribution >= 0.6 is 0 Å². The van der Waals surface area contributed by atoms with Crippen molar-refractivity contribution in [2.24, 2.45) is 0 Å². The van der Waals surface area contributed by atoms with Crippen LogP contribution in [0.1, 0.15) is 35.2 Å². The number of fused-ring (bicyclic) bond motifs is 1. The Hall–Kier alpha value is -3.60. The molecule has 1 fully saturated rings. The molecule has 4 rings (SSSR count). The van der Waals surface area contributed by atoms with E-state index in [0.29, 0.717) is 5.57 Å². The molecule has 1 saturated heterocycles. The van der Waals surface area contributed by atoms with Crippen LogP contribution in [0.25, 0.3) is 16.8 Å². The van der Waals surface area contributed by atoms with Crippen LogP contribution in [0.5, 0.6) is 5.75 Å². The van der Waals surface area contributed by atoms with Gasteiger partial charge in [0.25, 0.3) is 5.91 Å². The van der Waals surface area contributed by atoms with Gasteiger partial charge in [0.1, 0.15) is 12.4 Å². The molecule has 1 aliphatic heterocycles. The van der Waals surface area contributed by atoms with Gasteiger partial charge in [-0.15, -0.1) is 0 Å². The van der Waals surface area contributed by atoms with Crippen molar-refractivity contribution in [2.45, 2.75) is 19.3 Å². The van der Waals surface area contributed by atoms with Crippen LogP contribution in [0.4, 0.5) is 0 Å². The zero-order chi connectivity index (χ0) is 21.6. The van der Waals surface area contributed by atoms with Crippen molar-refractivity contribution in [3.8, 4) is 5.75 Å². The van der Waals surface area contributed by atoms with Crippen molar-refractivity contribution in [1.29, 1.82) is 0 Å². The number of likely N-dealkylation sites (tertiary alicyclic amines) is 1. The van der Waals surface area contributed by atoms with Gasteiger partial charge in [0, 0.05) is 18.5 Å². The molecule has 0 spiro atoms. The Bertz CT molecular complexity index is 1110. The van der Waals surface area contributed by atoms with Gasteiger partial charge in [-0.05, 0) is 54.5 Å². The Labute approximate surface area is 181 Å². The summed E-state index contributed by atoms with van der Waals surface area (Å²) < 4.78 is 6.12. The van der Waals surface area contributed by atoms with Crippen LogP contribution in [0.3, 0.4) is 0 Å². The number of hydrogen-bond donors (Lipinski definition) is 1. The summed E-state index contributed by atoms with van der Waals surface area (Å²) in [5.74, 6) is -0.265. The topological polar surface area (TPSA) is 66.8 Å². The molecule has 5 nitrogen and oxygen atoms in total. The quantitative estimate of drug-likeness (QED) is 0.575. The van der Waals surface area contributed by atoms with Crippen LogP contribution in [-0.4, -0.2) is 41.6 Å². The second-order valence-electron chi connectivity index (χ2n) is 7.72. The lowest BCUT2D eigenvalue weighted by molar-refractivity contribution is -0.128. The van der Waals surface area contributed by atoms with E-state index in [1.165, 1.54) is 0 Å². The van der Waals surface area contributed by atoms with Crippen LogP contribution in [0.2, 0.25) is 0 Å². The molecule has 1 N–H and O–H groups in total. The van der Waals surface area contributed by atoms with E-state index in [-0.39, 0.29) is 18.1 Å². The van der Waals surface area contributed by atoms with Gasteiger partial charge in [-0.1, -0.05) is 48.5 Å². The number of amides is 1. The summed E-state index contributed by atoms with van der Waals surface area (Å²) >= 11 is 0. The maximum Gasteiger partial charge on any atom is 0.335 e. The molecular weight excluding hydrogens is 390 g/mol. The van der Waals surface area contributed by atoms with Crippen molar-refractivity contribution in [3.63, 3.8) is 0 Å². The smallest absolute Gasteiger partial charge is 0.335 e. The van der Waals surface area contributed by atoms with E-state index >= 15 is 0 Å². The molecule has 5 heteroatoms. The third-order valence-corrected chi connectivity index (χ3v) is 5.55. The molecule has 3 aromatic carbocycles. The largest absolute Gasteiger partial charge is 0.488 e. The Kier molecular flexibility index (Phi) is 6.32. The second-order valence-corrected chi connectivity index (χ2v) is 7.72. The van der Waals surface area contributed by atoms with Crippen molar-refractivity contribution >= 4 is 28.7 Å². The molecule has 3 aromatic rings. The summed E-state index contributed by atoms with van der Waals surface area (Å²) in [7, 11) is 0. The number of carbonyl (C=O) groups is 2. The first-order chi connectivity index (χ1) is 15.1. The van der Waals surface area contributed by atoms with Crippen molar-refractivity contribution in [1.82, 2.24) is 4.90 Å². The van der Waals surface area contributed by atoms with Gasteiger partial charge in [-0.3, -0.25) is 4.79 Å². The molecule has 0 aliphatic carbocycles. The first-order valence-corrected chi connectivity index (χ1v) is 10.6. The van der Waals surface area contributed by atoms with Crippen LogP contribution in [-0.2, 0) is 4.79 Å². The summed E-state index contributed by atoms with van der Waals surface area (Å²) in [6, 6.07) is 20.4. The maximum absolute atomic E-state index is 13.2. The fourth-order valence-electron chi connectivity index (χ4n) is 3.87. The third kappa shape index (κ3) is 4.94. The molecule has 0 radical (unpaired) electrons. The van der Waals surface area contributed by atoms with Crippen LogP contribution in [0.15, 0.2) is 72.3 Å². The van der Waals surface area contributed by atoms with Gasteiger partial charge < -0.3 is 14.7 Å². The average Bonchev–Trinajstić information content (AvgIpc) is 2.82. The monoisotopic (exact) mass is 415 g/mol. The zero-order valence-electron chi connectivity index (χ0n) is 17.3. The fourth-order valence-corrected chi connectivity index (χ4v) is 3.87. The van der Waals surface area contributed by atoms with E-state index in [1.54, 1.807) is 30.3 Å². The molecule has 0 saturated carbocycles. The summed E-state index contributed by atoms with van der Waals surface area (Å²) in [5.41, 5.74) is 1.54. The van der Waals surface area contributed by atoms with Crippen molar-refractivity contribution in [2.75, 3.05) is 19.7 Å². The number of benzene rings is 3. The molecule has 0 bridgehead atoms.